The quantitative estimate of drug-likeness (QED) is 0.860. The van der Waals surface area contributed by atoms with Crippen LogP contribution in [0, 0.1) is 11.6 Å². The van der Waals surface area contributed by atoms with Crippen LogP contribution in [0.4, 0.5) is 8.78 Å². The number of imidazole rings is 1. The molecule has 2 rings (SSSR count). The summed E-state index contributed by atoms with van der Waals surface area (Å²) in [6.45, 7) is 0.429. The summed E-state index contributed by atoms with van der Waals surface area (Å²) < 4.78 is 28.3. The van der Waals surface area contributed by atoms with Crippen molar-refractivity contribution in [2.75, 3.05) is 0 Å². The first-order valence-electron chi connectivity index (χ1n) is 4.84. The van der Waals surface area contributed by atoms with Crippen molar-refractivity contribution in [3.63, 3.8) is 0 Å². The fraction of sp³-hybridized carbons (Fsp3) is 0.182. The number of nitrogens with zero attached hydrogens (tertiary/aromatic N) is 2. The third-order valence-electron chi connectivity index (χ3n) is 2.30. The minimum Gasteiger partial charge on any atom is -0.333 e. The molecule has 0 amide bonds. The van der Waals surface area contributed by atoms with Gasteiger partial charge in [-0.15, -0.1) is 0 Å². The molecule has 0 aliphatic carbocycles. The summed E-state index contributed by atoms with van der Waals surface area (Å²) >= 11 is 0. The fourth-order valence-electron chi connectivity index (χ4n) is 1.46. The van der Waals surface area contributed by atoms with Crippen LogP contribution in [0.15, 0.2) is 30.7 Å². The van der Waals surface area contributed by atoms with Gasteiger partial charge in [0, 0.05) is 18.3 Å². The SMILES string of the molecule is NCc1cn(Cc2c(F)cccc2F)cn1. The van der Waals surface area contributed by atoms with E-state index in [0.29, 0.717) is 12.2 Å². The molecule has 0 saturated carbocycles. The van der Waals surface area contributed by atoms with E-state index < -0.39 is 11.6 Å². The van der Waals surface area contributed by atoms with Crippen molar-refractivity contribution in [1.82, 2.24) is 9.55 Å². The van der Waals surface area contributed by atoms with Crippen LogP contribution in [0.5, 0.6) is 0 Å². The molecule has 5 heteroatoms. The predicted molar refractivity (Wildman–Crippen MR) is 55.6 cm³/mol. The van der Waals surface area contributed by atoms with Crippen LogP contribution < -0.4 is 5.73 Å². The third kappa shape index (κ3) is 2.09. The summed E-state index contributed by atoms with van der Waals surface area (Å²) in [5.74, 6) is -1.11. The molecule has 84 valence electrons. The van der Waals surface area contributed by atoms with Crippen molar-refractivity contribution in [2.45, 2.75) is 13.1 Å². The number of hydrogen-bond donors (Lipinski definition) is 1. The molecular weight excluding hydrogens is 212 g/mol. The maximum atomic E-state index is 13.3. The second-order valence-electron chi connectivity index (χ2n) is 3.44. The Bertz CT molecular complexity index is 473. The summed E-state index contributed by atoms with van der Waals surface area (Å²) in [5.41, 5.74) is 6.11. The Kier molecular flexibility index (Phi) is 2.96. The van der Waals surface area contributed by atoms with Gasteiger partial charge in [0.1, 0.15) is 11.6 Å². The zero-order chi connectivity index (χ0) is 11.5. The molecule has 3 nitrogen and oxygen atoms in total. The van der Waals surface area contributed by atoms with Crippen molar-refractivity contribution < 1.29 is 8.78 Å². The maximum absolute atomic E-state index is 13.3. The highest BCUT2D eigenvalue weighted by Gasteiger charge is 2.08. The van der Waals surface area contributed by atoms with Crippen LogP contribution in [0.1, 0.15) is 11.3 Å². The molecule has 0 bridgehead atoms. The first-order valence-corrected chi connectivity index (χ1v) is 4.84. The van der Waals surface area contributed by atoms with Gasteiger partial charge in [0.25, 0.3) is 0 Å². The molecule has 0 spiro atoms. The Labute approximate surface area is 91.5 Å². The standard InChI is InChI=1S/C11H11F2N3/c12-10-2-1-3-11(13)9(10)6-16-5-8(4-14)15-7-16/h1-3,5,7H,4,6,14H2. The largest absolute Gasteiger partial charge is 0.333 e. The van der Waals surface area contributed by atoms with Crippen molar-refractivity contribution in [3.05, 3.63) is 53.6 Å². The van der Waals surface area contributed by atoms with E-state index in [0.717, 1.165) is 0 Å². The lowest BCUT2D eigenvalue weighted by molar-refractivity contribution is 0.544. The molecule has 0 saturated heterocycles. The minimum atomic E-state index is -0.553. The fourth-order valence-corrected chi connectivity index (χ4v) is 1.46. The Hall–Kier alpha value is -1.75. The van der Waals surface area contributed by atoms with Gasteiger partial charge in [-0.3, -0.25) is 0 Å². The zero-order valence-corrected chi connectivity index (χ0v) is 8.53. The van der Waals surface area contributed by atoms with Gasteiger partial charge >= 0.3 is 0 Å². The molecule has 1 aromatic heterocycles. The molecule has 0 unspecified atom stereocenters. The van der Waals surface area contributed by atoms with Gasteiger partial charge in [0.2, 0.25) is 0 Å². The van der Waals surface area contributed by atoms with E-state index in [-0.39, 0.29) is 12.1 Å². The molecule has 16 heavy (non-hydrogen) atoms. The maximum Gasteiger partial charge on any atom is 0.131 e. The number of rotatable bonds is 3. The third-order valence-corrected chi connectivity index (χ3v) is 2.30. The second kappa shape index (κ2) is 4.40. The van der Waals surface area contributed by atoms with Gasteiger partial charge in [-0.1, -0.05) is 6.07 Å². The van der Waals surface area contributed by atoms with Gasteiger partial charge in [-0.25, -0.2) is 13.8 Å². The zero-order valence-electron chi connectivity index (χ0n) is 8.53. The highest BCUT2D eigenvalue weighted by Crippen LogP contribution is 2.13. The molecule has 0 fully saturated rings. The van der Waals surface area contributed by atoms with Crippen molar-refractivity contribution in [3.8, 4) is 0 Å². The molecule has 0 aliphatic rings. The van der Waals surface area contributed by atoms with Gasteiger partial charge in [0.05, 0.1) is 18.6 Å². The lowest BCUT2D eigenvalue weighted by atomic mass is 10.2. The summed E-state index contributed by atoms with van der Waals surface area (Å²) in [4.78, 5) is 3.98. The lowest BCUT2D eigenvalue weighted by Crippen LogP contribution is -2.03. The van der Waals surface area contributed by atoms with Crippen LogP contribution in [-0.2, 0) is 13.1 Å². The topological polar surface area (TPSA) is 43.8 Å². The van der Waals surface area contributed by atoms with Crippen LogP contribution >= 0.6 is 0 Å². The van der Waals surface area contributed by atoms with Gasteiger partial charge in [-0.2, -0.15) is 0 Å². The molecule has 0 aliphatic heterocycles. The monoisotopic (exact) mass is 223 g/mol. The number of hydrogen-bond acceptors (Lipinski definition) is 2. The van der Waals surface area contributed by atoms with E-state index in [4.69, 9.17) is 5.73 Å². The average molecular weight is 223 g/mol. The molecule has 2 N–H and O–H groups in total. The van der Waals surface area contributed by atoms with E-state index >= 15 is 0 Å². The summed E-state index contributed by atoms with van der Waals surface area (Å²) in [6, 6.07) is 3.81. The first-order chi connectivity index (χ1) is 7.70. The lowest BCUT2D eigenvalue weighted by Gasteiger charge is -2.05. The van der Waals surface area contributed by atoms with E-state index in [1.165, 1.54) is 24.5 Å². The molecule has 1 heterocycles. The molecule has 0 atom stereocenters. The minimum absolute atomic E-state index is 0.0310. The van der Waals surface area contributed by atoms with Gasteiger partial charge in [0.15, 0.2) is 0 Å². The highest BCUT2D eigenvalue weighted by molar-refractivity contribution is 5.20. The van der Waals surface area contributed by atoms with E-state index in [2.05, 4.69) is 4.98 Å². The number of aromatic nitrogens is 2. The van der Waals surface area contributed by atoms with E-state index in [1.54, 1.807) is 10.8 Å². The van der Waals surface area contributed by atoms with Gasteiger partial charge < -0.3 is 10.3 Å². The van der Waals surface area contributed by atoms with Crippen LogP contribution in [0.25, 0.3) is 0 Å². The number of halogens is 2. The van der Waals surface area contributed by atoms with Crippen molar-refractivity contribution in [1.29, 1.82) is 0 Å². The summed E-state index contributed by atoms with van der Waals surface area (Å²) in [7, 11) is 0. The van der Waals surface area contributed by atoms with E-state index in [9.17, 15) is 8.78 Å². The molecule has 2 aromatic rings. The van der Waals surface area contributed by atoms with Crippen LogP contribution in [0.3, 0.4) is 0 Å². The molecule has 1 aromatic carbocycles. The Morgan fingerprint density at radius 2 is 1.94 bits per heavy atom. The smallest absolute Gasteiger partial charge is 0.131 e. The van der Waals surface area contributed by atoms with Crippen LogP contribution in [0.2, 0.25) is 0 Å². The van der Waals surface area contributed by atoms with Gasteiger partial charge in [-0.05, 0) is 12.1 Å². The van der Waals surface area contributed by atoms with E-state index in [1.807, 2.05) is 0 Å². The summed E-state index contributed by atoms with van der Waals surface area (Å²) in [5, 5.41) is 0. The average Bonchev–Trinajstić information content (AvgIpc) is 2.71. The van der Waals surface area contributed by atoms with Crippen molar-refractivity contribution >= 4 is 0 Å². The highest BCUT2D eigenvalue weighted by atomic mass is 19.1. The molecular formula is C11H11F2N3. The Balaban J connectivity index is 2.26. The number of nitrogens with two attached hydrogens (primary N) is 1. The predicted octanol–water partition coefficient (Wildman–Crippen LogP) is 1.67. The Morgan fingerprint density at radius 1 is 1.25 bits per heavy atom. The first kappa shape index (κ1) is 10.8. The van der Waals surface area contributed by atoms with Crippen molar-refractivity contribution in [2.24, 2.45) is 5.73 Å². The summed E-state index contributed by atoms with van der Waals surface area (Å²) in [6.07, 6.45) is 3.18. The second-order valence-corrected chi connectivity index (χ2v) is 3.44. The normalized spacial score (nSPS) is 10.7. The molecule has 0 radical (unpaired) electrons. The van der Waals surface area contributed by atoms with Crippen LogP contribution in [-0.4, -0.2) is 9.55 Å². The number of benzene rings is 1. The Morgan fingerprint density at radius 3 is 2.50 bits per heavy atom.